The monoisotopic (exact) mass is 258 g/mol. The van der Waals surface area contributed by atoms with Crippen molar-refractivity contribution in [3.63, 3.8) is 0 Å². The lowest BCUT2D eigenvalue weighted by Crippen LogP contribution is -2.08. The summed E-state index contributed by atoms with van der Waals surface area (Å²) in [4.78, 5) is 35.1. The minimum Gasteiger partial charge on any atom is -0.324 e. The van der Waals surface area contributed by atoms with E-state index in [0.717, 1.165) is 6.42 Å². The molecule has 6 nitrogen and oxygen atoms in total. The lowest BCUT2D eigenvalue weighted by atomic mass is 10.3. The van der Waals surface area contributed by atoms with Crippen LogP contribution in [-0.2, 0) is 9.13 Å². The Balaban J connectivity index is 4.50. The fourth-order valence-corrected chi connectivity index (χ4v) is 3.60. The Morgan fingerprint density at radius 2 is 1.53 bits per heavy atom. The van der Waals surface area contributed by atoms with Crippen LogP contribution in [0, 0.1) is 0 Å². The molecule has 90 valence electrons. The molecule has 0 aromatic carbocycles. The first kappa shape index (κ1) is 15.0. The Morgan fingerprint density at radius 3 is 1.87 bits per heavy atom. The Morgan fingerprint density at radius 1 is 1.07 bits per heavy atom. The molecule has 0 unspecified atom stereocenters. The molecule has 0 amide bonds. The van der Waals surface area contributed by atoms with E-state index in [2.05, 4.69) is 0 Å². The molecule has 4 N–H and O–H groups in total. The van der Waals surface area contributed by atoms with Gasteiger partial charge >= 0.3 is 15.2 Å². The van der Waals surface area contributed by atoms with E-state index in [1.54, 1.807) is 12.2 Å². The molecular weight excluding hydrogens is 242 g/mol. The summed E-state index contributed by atoms with van der Waals surface area (Å²) in [5, 5.41) is -1.88. The summed E-state index contributed by atoms with van der Waals surface area (Å²) in [7, 11) is -9.49. The van der Waals surface area contributed by atoms with E-state index >= 15 is 0 Å². The van der Waals surface area contributed by atoms with E-state index in [0.29, 0.717) is 0 Å². The Hall–Kier alpha value is 0.0400. The minimum absolute atomic E-state index is 0.217. The molecule has 0 bridgehead atoms. The number of allylic oxidation sites excluding steroid dienone is 2. The van der Waals surface area contributed by atoms with Gasteiger partial charge in [0.05, 0.1) is 0 Å². The molecular formula is C7H16O6P2. The van der Waals surface area contributed by atoms with Crippen LogP contribution in [0.25, 0.3) is 0 Å². The van der Waals surface area contributed by atoms with Gasteiger partial charge in [-0.05, 0) is 19.3 Å². The van der Waals surface area contributed by atoms with E-state index in [9.17, 15) is 9.13 Å². The normalized spacial score (nSPS) is 14.0. The molecule has 15 heavy (non-hydrogen) atoms. The van der Waals surface area contributed by atoms with Crippen LogP contribution in [0.3, 0.4) is 0 Å². The van der Waals surface area contributed by atoms with Crippen LogP contribution in [0.1, 0.15) is 26.2 Å². The molecule has 0 aliphatic carbocycles. The highest BCUT2D eigenvalue weighted by atomic mass is 31.2. The predicted molar refractivity (Wildman–Crippen MR) is 56.5 cm³/mol. The van der Waals surface area contributed by atoms with E-state index in [4.69, 9.17) is 19.6 Å². The Kier molecular flexibility index (Phi) is 5.96. The summed E-state index contributed by atoms with van der Waals surface area (Å²) in [6.45, 7) is 1.89. The maximum absolute atomic E-state index is 10.8. The molecule has 0 aromatic heterocycles. The van der Waals surface area contributed by atoms with Crippen molar-refractivity contribution in [2.24, 2.45) is 0 Å². The Labute approximate surface area is 88.3 Å². The molecule has 0 aromatic rings. The molecule has 0 atom stereocenters. The third-order valence-electron chi connectivity index (χ3n) is 1.77. The van der Waals surface area contributed by atoms with Crippen molar-refractivity contribution >= 4 is 15.2 Å². The zero-order chi connectivity index (χ0) is 12.1. The van der Waals surface area contributed by atoms with Crippen molar-refractivity contribution in [3.8, 4) is 0 Å². The summed E-state index contributed by atoms with van der Waals surface area (Å²) in [5.41, 5.74) is 0. The van der Waals surface area contributed by atoms with Crippen LogP contribution < -0.4 is 0 Å². The summed E-state index contributed by atoms with van der Waals surface area (Å²) < 4.78 is 21.6. The van der Waals surface area contributed by atoms with Crippen molar-refractivity contribution in [3.05, 3.63) is 12.2 Å². The summed E-state index contributed by atoms with van der Waals surface area (Å²) in [6.07, 6.45) is 4.23. The van der Waals surface area contributed by atoms with Gasteiger partial charge in [-0.25, -0.2) is 0 Å². The van der Waals surface area contributed by atoms with E-state index < -0.39 is 20.6 Å². The lowest BCUT2D eigenvalue weighted by Gasteiger charge is -2.18. The first-order valence-corrected chi connectivity index (χ1v) is 7.81. The van der Waals surface area contributed by atoms with Gasteiger partial charge in [0.15, 0.2) is 5.40 Å². The first-order valence-electron chi connectivity index (χ1n) is 4.45. The van der Waals surface area contributed by atoms with Crippen LogP contribution in [-0.4, -0.2) is 25.0 Å². The van der Waals surface area contributed by atoms with Crippen LogP contribution in [0.15, 0.2) is 12.2 Å². The Bertz CT molecular complexity index is 279. The van der Waals surface area contributed by atoms with Crippen LogP contribution >= 0.6 is 15.2 Å². The van der Waals surface area contributed by atoms with Crippen molar-refractivity contribution < 1.29 is 28.7 Å². The van der Waals surface area contributed by atoms with Gasteiger partial charge in [-0.1, -0.05) is 19.1 Å². The lowest BCUT2D eigenvalue weighted by molar-refractivity contribution is 0.335. The third kappa shape index (κ3) is 6.25. The molecule has 0 aliphatic heterocycles. The third-order valence-corrected chi connectivity index (χ3v) is 5.64. The zero-order valence-electron chi connectivity index (χ0n) is 8.35. The molecule has 0 fully saturated rings. The van der Waals surface area contributed by atoms with Crippen molar-refractivity contribution in [2.75, 3.05) is 0 Å². The standard InChI is InChI=1S/C7H16O6P2/c1-2-3-4-5-6-7(14(8,9)10)15(11,12)13/h3-4,7H,2,5-6H2,1H3,(H2,8,9,10)(H2,11,12,13)/b4-3-. The van der Waals surface area contributed by atoms with Crippen molar-refractivity contribution in [2.45, 2.75) is 31.6 Å². The molecule has 0 spiro atoms. The second-order valence-corrected chi connectivity index (χ2v) is 7.13. The number of hydrogen-bond acceptors (Lipinski definition) is 2. The van der Waals surface area contributed by atoms with E-state index in [1.165, 1.54) is 0 Å². The highest BCUT2D eigenvalue weighted by molar-refractivity contribution is 7.70. The average molecular weight is 258 g/mol. The number of hydrogen-bond donors (Lipinski definition) is 4. The highest BCUT2D eigenvalue weighted by Gasteiger charge is 2.42. The van der Waals surface area contributed by atoms with Gasteiger partial charge in [-0.2, -0.15) is 0 Å². The molecule has 0 saturated heterocycles. The highest BCUT2D eigenvalue weighted by Crippen LogP contribution is 2.61. The molecule has 0 saturated carbocycles. The maximum Gasteiger partial charge on any atom is 0.340 e. The largest absolute Gasteiger partial charge is 0.340 e. The van der Waals surface area contributed by atoms with Crippen LogP contribution in [0.2, 0.25) is 0 Å². The SMILES string of the molecule is CC/C=C\CCC(P(=O)(O)O)P(=O)(O)O. The van der Waals surface area contributed by atoms with Crippen LogP contribution in [0.5, 0.6) is 0 Å². The van der Waals surface area contributed by atoms with Gasteiger partial charge in [0, 0.05) is 0 Å². The zero-order valence-corrected chi connectivity index (χ0v) is 10.1. The van der Waals surface area contributed by atoms with Crippen LogP contribution in [0.4, 0.5) is 0 Å². The van der Waals surface area contributed by atoms with Gasteiger partial charge in [0.2, 0.25) is 0 Å². The minimum atomic E-state index is -4.74. The molecule has 0 rings (SSSR count). The topological polar surface area (TPSA) is 115 Å². The van der Waals surface area contributed by atoms with E-state index in [-0.39, 0.29) is 12.8 Å². The molecule has 0 heterocycles. The smallest absolute Gasteiger partial charge is 0.324 e. The maximum atomic E-state index is 10.8. The fourth-order valence-electron chi connectivity index (χ4n) is 1.06. The first-order chi connectivity index (χ1) is 6.69. The fraction of sp³-hybridized carbons (Fsp3) is 0.714. The van der Waals surface area contributed by atoms with Gasteiger partial charge in [0.25, 0.3) is 0 Å². The van der Waals surface area contributed by atoms with Gasteiger partial charge in [-0.15, -0.1) is 0 Å². The summed E-state index contributed by atoms with van der Waals surface area (Å²) in [5.74, 6) is 0. The predicted octanol–water partition coefficient (Wildman–Crippen LogP) is 1.41. The summed E-state index contributed by atoms with van der Waals surface area (Å²) in [6, 6.07) is 0. The second kappa shape index (κ2) is 5.94. The van der Waals surface area contributed by atoms with Crippen molar-refractivity contribution in [1.82, 2.24) is 0 Å². The van der Waals surface area contributed by atoms with Gasteiger partial charge < -0.3 is 19.6 Å². The van der Waals surface area contributed by atoms with Gasteiger partial charge in [0.1, 0.15) is 0 Å². The van der Waals surface area contributed by atoms with Crippen molar-refractivity contribution in [1.29, 1.82) is 0 Å². The van der Waals surface area contributed by atoms with Gasteiger partial charge in [-0.3, -0.25) is 9.13 Å². The molecule has 8 heteroatoms. The summed E-state index contributed by atoms with van der Waals surface area (Å²) >= 11 is 0. The molecule has 0 radical (unpaired) electrons. The number of rotatable bonds is 6. The molecule has 0 aliphatic rings. The second-order valence-electron chi connectivity index (χ2n) is 3.12. The van der Waals surface area contributed by atoms with E-state index in [1.807, 2.05) is 6.92 Å². The quantitative estimate of drug-likeness (QED) is 0.423. The average Bonchev–Trinajstić information content (AvgIpc) is 1.99.